The molecule has 32 heavy (non-hydrogen) atoms. The molecule has 1 aliphatic rings. The summed E-state index contributed by atoms with van der Waals surface area (Å²) < 4.78 is 32.7. The van der Waals surface area contributed by atoms with Gasteiger partial charge in [0.15, 0.2) is 0 Å². The van der Waals surface area contributed by atoms with E-state index in [9.17, 15) is 22.8 Å². The van der Waals surface area contributed by atoms with Gasteiger partial charge in [0, 0.05) is 55.7 Å². The minimum atomic E-state index is -5.08. The number of amides is 2. The topological polar surface area (TPSA) is 90.0 Å². The fourth-order valence-electron chi connectivity index (χ4n) is 2.95. The number of carbonyl (C=O) groups is 3. The van der Waals surface area contributed by atoms with Gasteiger partial charge in [-0.1, -0.05) is 35.7 Å². The summed E-state index contributed by atoms with van der Waals surface area (Å²) in [6, 6.07) is 7.42. The maximum absolute atomic E-state index is 12.8. The van der Waals surface area contributed by atoms with Crippen LogP contribution in [-0.4, -0.2) is 78.1 Å². The smallest absolute Gasteiger partial charge is 0.475 e. The van der Waals surface area contributed by atoms with Gasteiger partial charge >= 0.3 is 12.1 Å². The lowest BCUT2D eigenvalue weighted by Crippen LogP contribution is -2.47. The summed E-state index contributed by atoms with van der Waals surface area (Å²) in [6.45, 7) is 6.56. The van der Waals surface area contributed by atoms with Gasteiger partial charge < -0.3 is 20.2 Å². The number of aliphatic carboxylic acids is 1. The molecule has 0 atom stereocenters. The molecule has 2 amide bonds. The Morgan fingerprint density at radius 1 is 1.09 bits per heavy atom. The van der Waals surface area contributed by atoms with Crippen LogP contribution in [0.1, 0.15) is 43.0 Å². The molecule has 0 aliphatic carbocycles. The van der Waals surface area contributed by atoms with Gasteiger partial charge in [-0.15, -0.1) is 0 Å². The highest BCUT2D eigenvalue weighted by Crippen LogP contribution is 2.14. The van der Waals surface area contributed by atoms with Gasteiger partial charge in [0.1, 0.15) is 0 Å². The summed E-state index contributed by atoms with van der Waals surface area (Å²) in [7, 11) is 0. The number of piperazine rings is 1. The first-order chi connectivity index (χ1) is 15.1. The van der Waals surface area contributed by atoms with Crippen LogP contribution in [0.5, 0.6) is 0 Å². The molecule has 7 nitrogen and oxygen atoms in total. The van der Waals surface area contributed by atoms with Crippen molar-refractivity contribution in [2.45, 2.75) is 38.8 Å². The molecule has 0 unspecified atom stereocenters. The van der Waals surface area contributed by atoms with Crippen LogP contribution in [0.3, 0.4) is 0 Å². The van der Waals surface area contributed by atoms with Gasteiger partial charge in [-0.05, 0) is 30.7 Å². The number of carbonyl (C=O) groups excluding carboxylic acids is 2. The Morgan fingerprint density at radius 3 is 2.16 bits per heavy atom. The van der Waals surface area contributed by atoms with E-state index < -0.39 is 12.1 Å². The van der Waals surface area contributed by atoms with E-state index in [1.165, 1.54) is 0 Å². The third kappa shape index (κ3) is 10.4. The molecule has 1 aliphatic heterocycles. The first-order valence-corrected chi connectivity index (χ1v) is 11.2. The number of benzene rings is 1. The number of carboxylic acid groups (broad SMARTS) is 1. The van der Waals surface area contributed by atoms with E-state index in [4.69, 9.17) is 9.90 Å². The molecular weight excluding hydrogens is 495 g/mol. The van der Waals surface area contributed by atoms with Crippen LogP contribution >= 0.6 is 15.9 Å². The van der Waals surface area contributed by atoms with E-state index >= 15 is 0 Å². The summed E-state index contributed by atoms with van der Waals surface area (Å²) in [4.78, 5) is 37.8. The molecule has 180 valence electrons. The van der Waals surface area contributed by atoms with E-state index in [1.54, 1.807) is 0 Å². The summed E-state index contributed by atoms with van der Waals surface area (Å²) in [6.07, 6.45) is -1.51. The van der Waals surface area contributed by atoms with Crippen LogP contribution in [0.2, 0.25) is 0 Å². The van der Waals surface area contributed by atoms with Crippen molar-refractivity contribution in [3.63, 3.8) is 0 Å². The Morgan fingerprint density at radius 2 is 1.66 bits per heavy atom. The zero-order chi connectivity index (χ0) is 24.1. The predicted molar refractivity (Wildman–Crippen MR) is 117 cm³/mol. The number of alkyl halides is 3. The molecular formula is C21H29BrF3N3O4. The largest absolute Gasteiger partial charge is 0.490 e. The lowest BCUT2D eigenvalue weighted by atomic mass is 10.1. The van der Waals surface area contributed by atoms with Crippen molar-refractivity contribution in [1.29, 1.82) is 0 Å². The van der Waals surface area contributed by atoms with Crippen LogP contribution in [0.25, 0.3) is 0 Å². The van der Waals surface area contributed by atoms with Crippen LogP contribution in [-0.2, 0) is 9.59 Å². The predicted octanol–water partition coefficient (Wildman–Crippen LogP) is 3.54. The fourth-order valence-corrected chi connectivity index (χ4v) is 3.21. The quantitative estimate of drug-likeness (QED) is 0.508. The van der Waals surface area contributed by atoms with Gasteiger partial charge in [-0.2, -0.15) is 13.2 Å². The van der Waals surface area contributed by atoms with Crippen molar-refractivity contribution in [2.24, 2.45) is 0 Å². The van der Waals surface area contributed by atoms with Gasteiger partial charge in [0.05, 0.1) is 0 Å². The van der Waals surface area contributed by atoms with E-state index in [1.807, 2.05) is 34.1 Å². The molecule has 11 heteroatoms. The monoisotopic (exact) mass is 523 g/mol. The second kappa shape index (κ2) is 14.1. The average molecular weight is 524 g/mol. The SMILES string of the molecule is CCCCCN(CCC(=O)N1CCNCC1)C(=O)c1ccc(Br)cc1.O=C(O)C(F)(F)F. The Hall–Kier alpha value is -2.14. The molecule has 1 aromatic rings. The maximum Gasteiger partial charge on any atom is 0.490 e. The van der Waals surface area contributed by atoms with Crippen molar-refractivity contribution < 1.29 is 32.7 Å². The van der Waals surface area contributed by atoms with Crippen LogP contribution in [0, 0.1) is 0 Å². The first kappa shape index (κ1) is 27.9. The number of hydrogen-bond donors (Lipinski definition) is 2. The highest BCUT2D eigenvalue weighted by molar-refractivity contribution is 9.10. The molecule has 2 N–H and O–H groups in total. The first-order valence-electron chi connectivity index (χ1n) is 10.4. The molecule has 0 aromatic heterocycles. The number of hydrogen-bond acceptors (Lipinski definition) is 4. The summed E-state index contributed by atoms with van der Waals surface area (Å²) in [5.41, 5.74) is 0.675. The molecule has 0 saturated carbocycles. The summed E-state index contributed by atoms with van der Waals surface area (Å²) in [5, 5.41) is 10.4. The highest BCUT2D eigenvalue weighted by Gasteiger charge is 2.38. The van der Waals surface area contributed by atoms with Crippen LogP contribution < -0.4 is 5.32 Å². The minimum Gasteiger partial charge on any atom is -0.475 e. The Kier molecular flexibility index (Phi) is 12.3. The normalized spacial score (nSPS) is 13.7. The van der Waals surface area contributed by atoms with Gasteiger partial charge in [-0.25, -0.2) is 4.79 Å². The fraction of sp³-hybridized carbons (Fsp3) is 0.571. The number of rotatable bonds is 8. The molecule has 0 spiro atoms. The molecule has 1 aromatic carbocycles. The Balaban J connectivity index is 0.000000633. The molecule has 0 radical (unpaired) electrons. The molecule has 1 heterocycles. The lowest BCUT2D eigenvalue weighted by Gasteiger charge is -2.29. The van der Waals surface area contributed by atoms with Crippen molar-refractivity contribution in [3.8, 4) is 0 Å². The average Bonchev–Trinajstić information content (AvgIpc) is 2.76. The molecule has 1 saturated heterocycles. The van der Waals surface area contributed by atoms with Crippen molar-refractivity contribution in [3.05, 3.63) is 34.3 Å². The number of unbranched alkanes of at least 4 members (excludes halogenated alkanes) is 2. The second-order valence-electron chi connectivity index (χ2n) is 7.19. The zero-order valence-corrected chi connectivity index (χ0v) is 19.5. The van der Waals surface area contributed by atoms with E-state index in [2.05, 4.69) is 28.2 Å². The van der Waals surface area contributed by atoms with E-state index in [0.29, 0.717) is 25.1 Å². The van der Waals surface area contributed by atoms with Crippen LogP contribution in [0.4, 0.5) is 13.2 Å². The number of nitrogens with one attached hydrogen (secondary N) is 1. The highest BCUT2D eigenvalue weighted by atomic mass is 79.9. The number of nitrogens with zero attached hydrogens (tertiary/aromatic N) is 2. The molecule has 1 fully saturated rings. The summed E-state index contributed by atoms with van der Waals surface area (Å²) in [5.74, 6) is -2.60. The maximum atomic E-state index is 12.8. The van der Waals surface area contributed by atoms with Gasteiger partial charge in [0.2, 0.25) is 5.91 Å². The minimum absolute atomic E-state index is 0.0108. The van der Waals surface area contributed by atoms with Crippen molar-refractivity contribution in [2.75, 3.05) is 39.3 Å². The van der Waals surface area contributed by atoms with E-state index in [-0.39, 0.29) is 11.8 Å². The van der Waals surface area contributed by atoms with Crippen LogP contribution in [0.15, 0.2) is 28.7 Å². The van der Waals surface area contributed by atoms with Crippen molar-refractivity contribution in [1.82, 2.24) is 15.1 Å². The zero-order valence-electron chi connectivity index (χ0n) is 18.0. The molecule has 0 bridgehead atoms. The summed E-state index contributed by atoms with van der Waals surface area (Å²) >= 11 is 3.40. The second-order valence-corrected chi connectivity index (χ2v) is 8.11. The Bertz CT molecular complexity index is 739. The number of carboxylic acids is 1. The van der Waals surface area contributed by atoms with E-state index in [0.717, 1.165) is 49.9 Å². The standard InChI is InChI=1S/C19H28BrN3O2.C2HF3O2/c1-2-3-4-12-23(19(25)16-5-7-17(20)8-6-16)13-9-18(24)22-14-10-21-11-15-22;3-2(4,5)1(6)7/h5-8,21H,2-4,9-15H2,1H3;(H,6,7). The Labute approximate surface area is 194 Å². The third-order valence-electron chi connectivity index (χ3n) is 4.72. The van der Waals surface area contributed by atoms with Gasteiger partial charge in [-0.3, -0.25) is 9.59 Å². The number of halogens is 4. The van der Waals surface area contributed by atoms with Gasteiger partial charge in [0.25, 0.3) is 5.91 Å². The van der Waals surface area contributed by atoms with Crippen molar-refractivity contribution >= 4 is 33.7 Å². The molecule has 2 rings (SSSR count). The lowest BCUT2D eigenvalue weighted by molar-refractivity contribution is -0.192. The third-order valence-corrected chi connectivity index (χ3v) is 5.25.